The van der Waals surface area contributed by atoms with Crippen LogP contribution < -0.4 is 10.6 Å². The minimum Gasteiger partial charge on any atom is -0.336 e. The first-order valence-electron chi connectivity index (χ1n) is 4.72. The predicted octanol–water partition coefficient (Wildman–Crippen LogP) is 0.898. The van der Waals surface area contributed by atoms with Crippen LogP contribution in [-0.4, -0.2) is 47.8 Å². The maximum absolute atomic E-state index is 11.4. The van der Waals surface area contributed by atoms with Gasteiger partial charge in [-0.05, 0) is 21.0 Å². The first kappa shape index (κ1) is 13.2. The van der Waals surface area contributed by atoms with Gasteiger partial charge in [0.05, 0.1) is 0 Å². The zero-order valence-electron chi connectivity index (χ0n) is 9.39. The van der Waals surface area contributed by atoms with E-state index in [9.17, 15) is 4.79 Å². The smallest absolute Gasteiger partial charge is 0.321 e. The van der Waals surface area contributed by atoms with Crippen molar-refractivity contribution in [2.75, 3.05) is 26.0 Å². The Kier molecular flexibility index (Phi) is 4.97. The lowest BCUT2D eigenvalue weighted by molar-refractivity contribution is 0.245. The predicted molar refractivity (Wildman–Crippen MR) is 67.3 cm³/mol. The van der Waals surface area contributed by atoms with Gasteiger partial charge in [-0.2, -0.15) is 0 Å². The molecule has 0 fully saturated rings. The van der Waals surface area contributed by atoms with Gasteiger partial charge in [-0.1, -0.05) is 11.3 Å². The van der Waals surface area contributed by atoms with E-state index < -0.39 is 0 Å². The molecule has 0 aliphatic carbocycles. The summed E-state index contributed by atoms with van der Waals surface area (Å²) in [5.41, 5.74) is 0. The van der Waals surface area contributed by atoms with E-state index in [2.05, 4.69) is 33.5 Å². The van der Waals surface area contributed by atoms with Crippen LogP contribution in [0.5, 0.6) is 0 Å². The third kappa shape index (κ3) is 4.33. The highest BCUT2D eigenvalue weighted by Crippen LogP contribution is 2.17. The Morgan fingerprint density at radius 3 is 2.75 bits per heavy atom. The summed E-state index contributed by atoms with van der Waals surface area (Å²) in [6, 6.07) is -0.00112. The second-order valence-corrected chi connectivity index (χ2v) is 5.24. The van der Waals surface area contributed by atoms with Crippen LogP contribution in [0.3, 0.4) is 0 Å². The van der Waals surface area contributed by atoms with Crippen molar-refractivity contribution >= 4 is 35.1 Å². The molecule has 0 saturated carbocycles. The van der Waals surface area contributed by atoms with Crippen molar-refractivity contribution in [3.05, 3.63) is 0 Å². The quantitative estimate of drug-likeness (QED) is 0.556. The van der Waals surface area contributed by atoms with Crippen molar-refractivity contribution in [3.63, 3.8) is 0 Å². The van der Waals surface area contributed by atoms with E-state index in [-0.39, 0.29) is 12.1 Å². The number of urea groups is 1. The highest BCUT2D eigenvalue weighted by molar-refractivity contribution is 7.82. The number of carbonyl (C=O) groups excluding carboxylic acids is 1. The number of likely N-dealkylation sites (N-methyl/N-ethyl adjacent to an activating group) is 1. The van der Waals surface area contributed by atoms with Crippen LogP contribution in [0.2, 0.25) is 0 Å². The van der Waals surface area contributed by atoms with Gasteiger partial charge in [0, 0.05) is 12.6 Å². The third-order valence-corrected chi connectivity index (χ3v) is 3.08. The van der Waals surface area contributed by atoms with Crippen LogP contribution in [0, 0.1) is 0 Å². The van der Waals surface area contributed by atoms with Gasteiger partial charge in [0.25, 0.3) is 0 Å². The number of hydrogen-bond donors (Lipinski definition) is 3. The molecule has 2 N–H and O–H groups in total. The van der Waals surface area contributed by atoms with E-state index >= 15 is 0 Å². The number of hydrogen-bond acceptors (Lipinski definition) is 6. The van der Waals surface area contributed by atoms with Gasteiger partial charge in [0.15, 0.2) is 4.34 Å². The van der Waals surface area contributed by atoms with E-state index in [1.165, 1.54) is 11.3 Å². The molecule has 0 saturated heterocycles. The van der Waals surface area contributed by atoms with Crippen molar-refractivity contribution < 1.29 is 4.79 Å². The molecule has 16 heavy (non-hydrogen) atoms. The molecular weight excluding hydrogens is 246 g/mol. The molecule has 0 bridgehead atoms. The zero-order chi connectivity index (χ0) is 12.1. The molecule has 1 aromatic heterocycles. The average molecular weight is 261 g/mol. The molecule has 90 valence electrons. The molecular formula is C8H15N5OS2. The first-order valence-corrected chi connectivity index (χ1v) is 5.99. The highest BCUT2D eigenvalue weighted by Gasteiger charge is 2.08. The number of carbonyl (C=O) groups is 1. The van der Waals surface area contributed by atoms with E-state index in [4.69, 9.17) is 0 Å². The molecule has 0 radical (unpaired) electrons. The van der Waals surface area contributed by atoms with Crippen molar-refractivity contribution in [1.82, 2.24) is 20.4 Å². The van der Waals surface area contributed by atoms with E-state index in [1.807, 2.05) is 25.9 Å². The van der Waals surface area contributed by atoms with Gasteiger partial charge >= 0.3 is 6.03 Å². The summed E-state index contributed by atoms with van der Waals surface area (Å²) in [5, 5.41) is 13.2. The Morgan fingerprint density at radius 1 is 1.56 bits per heavy atom. The number of thiol groups is 1. The van der Waals surface area contributed by atoms with Crippen molar-refractivity contribution in [2.24, 2.45) is 0 Å². The molecule has 0 spiro atoms. The van der Waals surface area contributed by atoms with Crippen LogP contribution in [0.25, 0.3) is 0 Å². The summed E-state index contributed by atoms with van der Waals surface area (Å²) in [6.45, 7) is 2.60. The molecule has 1 heterocycles. The van der Waals surface area contributed by atoms with Crippen molar-refractivity contribution in [1.29, 1.82) is 0 Å². The minimum absolute atomic E-state index is 0.278. The van der Waals surface area contributed by atoms with Gasteiger partial charge < -0.3 is 10.2 Å². The SMILES string of the molecule is CC(CNC(=O)Nc1nnc(S)s1)N(C)C. The minimum atomic E-state index is -0.279. The van der Waals surface area contributed by atoms with Crippen LogP contribution in [0.1, 0.15) is 6.92 Å². The number of amides is 2. The zero-order valence-corrected chi connectivity index (χ0v) is 11.1. The lowest BCUT2D eigenvalue weighted by Gasteiger charge is -2.19. The fourth-order valence-corrected chi connectivity index (χ4v) is 1.61. The number of nitrogens with zero attached hydrogens (tertiary/aromatic N) is 3. The highest BCUT2D eigenvalue weighted by atomic mass is 32.2. The Bertz CT molecular complexity index is 354. The van der Waals surface area contributed by atoms with Gasteiger partial charge in [0.2, 0.25) is 5.13 Å². The summed E-state index contributed by atoms with van der Waals surface area (Å²) in [7, 11) is 3.92. The molecule has 6 nitrogen and oxygen atoms in total. The number of rotatable bonds is 4. The van der Waals surface area contributed by atoms with E-state index in [0.717, 1.165) is 0 Å². The Balaban J connectivity index is 2.31. The summed E-state index contributed by atoms with van der Waals surface area (Å²) >= 11 is 5.22. The lowest BCUT2D eigenvalue weighted by atomic mass is 10.3. The lowest BCUT2D eigenvalue weighted by Crippen LogP contribution is -2.40. The van der Waals surface area contributed by atoms with Gasteiger partial charge in [-0.15, -0.1) is 22.8 Å². The second kappa shape index (κ2) is 6.02. The standard InChI is InChI=1S/C8H15N5OS2/c1-5(13(2)3)4-9-6(14)10-7-11-12-8(15)16-7/h5H,4H2,1-3H3,(H,12,15)(H2,9,10,11,14). The first-order chi connectivity index (χ1) is 7.49. The number of nitrogens with one attached hydrogen (secondary N) is 2. The van der Waals surface area contributed by atoms with Crippen LogP contribution in [-0.2, 0) is 0 Å². The Morgan fingerprint density at radius 2 is 2.25 bits per heavy atom. The van der Waals surface area contributed by atoms with E-state index in [0.29, 0.717) is 16.0 Å². The Labute approximate surface area is 104 Å². The maximum atomic E-state index is 11.4. The summed E-state index contributed by atoms with van der Waals surface area (Å²) in [6.07, 6.45) is 0. The topological polar surface area (TPSA) is 70.1 Å². The largest absolute Gasteiger partial charge is 0.336 e. The molecule has 2 amide bonds. The Hall–Kier alpha value is -0.860. The fourth-order valence-electron chi connectivity index (χ4n) is 0.830. The van der Waals surface area contributed by atoms with Gasteiger partial charge in [-0.25, -0.2) is 4.79 Å². The van der Waals surface area contributed by atoms with Crippen molar-refractivity contribution in [3.8, 4) is 0 Å². The normalized spacial score (nSPS) is 12.6. The third-order valence-electron chi connectivity index (χ3n) is 2.07. The molecule has 1 atom stereocenters. The molecule has 1 aromatic rings. The molecule has 8 heteroatoms. The van der Waals surface area contributed by atoms with Gasteiger partial charge in [0.1, 0.15) is 0 Å². The summed E-state index contributed by atoms with van der Waals surface area (Å²) < 4.78 is 0.525. The molecule has 0 aliphatic rings. The number of anilines is 1. The number of aromatic nitrogens is 2. The molecule has 0 aliphatic heterocycles. The summed E-state index contributed by atoms with van der Waals surface area (Å²) in [5.74, 6) is 0. The maximum Gasteiger partial charge on any atom is 0.321 e. The summed E-state index contributed by atoms with van der Waals surface area (Å²) in [4.78, 5) is 13.4. The van der Waals surface area contributed by atoms with Crippen LogP contribution >= 0.6 is 24.0 Å². The monoisotopic (exact) mass is 261 g/mol. The van der Waals surface area contributed by atoms with Crippen LogP contribution in [0.15, 0.2) is 4.34 Å². The fraction of sp³-hybridized carbons (Fsp3) is 0.625. The van der Waals surface area contributed by atoms with Crippen molar-refractivity contribution in [2.45, 2.75) is 17.3 Å². The van der Waals surface area contributed by atoms with E-state index in [1.54, 1.807) is 0 Å². The average Bonchev–Trinajstić information content (AvgIpc) is 2.60. The molecule has 0 aromatic carbocycles. The second-order valence-electron chi connectivity index (χ2n) is 3.54. The van der Waals surface area contributed by atoms with Crippen LogP contribution in [0.4, 0.5) is 9.93 Å². The molecule has 1 rings (SSSR count). The molecule has 1 unspecified atom stereocenters. The van der Waals surface area contributed by atoms with Gasteiger partial charge in [-0.3, -0.25) is 5.32 Å².